The number of fused-ring (bicyclic) bond motifs is 2. The lowest BCUT2D eigenvalue weighted by Gasteiger charge is -2.06. The van der Waals surface area contributed by atoms with E-state index in [0.29, 0.717) is 64.5 Å². The minimum absolute atomic E-state index is 0.385. The van der Waals surface area contributed by atoms with Gasteiger partial charge in [-0.05, 0) is 0 Å². The molecule has 1 N–H and O–H groups in total. The highest BCUT2D eigenvalue weighted by Gasteiger charge is 2.04. The molecule has 0 aliphatic carbocycles. The fourth-order valence-corrected chi connectivity index (χ4v) is 1.35. The van der Waals surface area contributed by atoms with Crippen molar-refractivity contribution in [2.45, 2.75) is 13.2 Å². The summed E-state index contributed by atoms with van der Waals surface area (Å²) in [7, 11) is 0. The molecule has 2 heterocycles. The zero-order chi connectivity index (χ0) is 11.8. The van der Waals surface area contributed by atoms with Crippen molar-refractivity contribution in [1.82, 2.24) is 15.2 Å². The van der Waals surface area contributed by atoms with Crippen LogP contribution in [0.3, 0.4) is 0 Å². The van der Waals surface area contributed by atoms with Crippen LogP contribution in [0, 0.1) is 0 Å². The Morgan fingerprint density at radius 2 is 1.35 bits per heavy atom. The predicted molar refractivity (Wildman–Crippen MR) is 57.3 cm³/mol. The van der Waals surface area contributed by atoms with Crippen molar-refractivity contribution in [1.29, 1.82) is 0 Å². The predicted octanol–water partition coefficient (Wildman–Crippen LogP) is -0.115. The van der Waals surface area contributed by atoms with Gasteiger partial charge in [0.25, 0.3) is 0 Å². The normalized spacial score (nSPS) is 20.5. The Balaban J connectivity index is 1.80. The quantitative estimate of drug-likeness (QED) is 0.684. The summed E-state index contributed by atoms with van der Waals surface area (Å²) in [5.74, 6) is 1.34. The Morgan fingerprint density at radius 3 is 2.06 bits per heavy atom. The molecule has 1 aromatic rings. The first-order chi connectivity index (χ1) is 8.45. The third kappa shape index (κ3) is 4.78. The van der Waals surface area contributed by atoms with Gasteiger partial charge in [0.15, 0.2) is 11.6 Å². The average Bonchev–Trinajstić information content (AvgIpc) is 2.77. The number of H-pyrrole nitrogens is 1. The van der Waals surface area contributed by atoms with Crippen LogP contribution in [0.15, 0.2) is 0 Å². The molecule has 0 aromatic carbocycles. The van der Waals surface area contributed by atoms with Gasteiger partial charge in [0.1, 0.15) is 13.2 Å². The molecule has 0 spiro atoms. The number of ether oxygens (including phenoxy) is 4. The Labute approximate surface area is 99.4 Å². The summed E-state index contributed by atoms with van der Waals surface area (Å²) >= 11 is 0. The minimum Gasteiger partial charge on any atom is -0.377 e. The molecule has 1 aliphatic rings. The van der Waals surface area contributed by atoms with Crippen molar-refractivity contribution in [2.75, 3.05) is 39.6 Å². The van der Waals surface area contributed by atoms with E-state index in [2.05, 4.69) is 15.2 Å². The van der Waals surface area contributed by atoms with Gasteiger partial charge in [0, 0.05) is 0 Å². The summed E-state index contributed by atoms with van der Waals surface area (Å²) in [5, 5.41) is 6.81. The molecule has 0 fully saturated rings. The molecule has 0 atom stereocenters. The molecule has 0 unspecified atom stereocenters. The smallest absolute Gasteiger partial charge is 0.176 e. The van der Waals surface area contributed by atoms with Gasteiger partial charge in [0.05, 0.1) is 39.6 Å². The molecule has 1 aliphatic heterocycles. The van der Waals surface area contributed by atoms with E-state index in [0.717, 1.165) is 0 Å². The Bertz CT molecular complexity index is 290. The molecular weight excluding hydrogens is 226 g/mol. The van der Waals surface area contributed by atoms with Gasteiger partial charge in [-0.2, -0.15) is 5.10 Å². The molecule has 0 saturated heterocycles. The molecular formula is C10H17N3O4. The highest BCUT2D eigenvalue weighted by Crippen LogP contribution is 1.98. The Morgan fingerprint density at radius 1 is 0.765 bits per heavy atom. The maximum atomic E-state index is 5.37. The average molecular weight is 243 g/mol. The number of hydrogen-bond donors (Lipinski definition) is 1. The Kier molecular flexibility index (Phi) is 5.37. The maximum absolute atomic E-state index is 5.37. The van der Waals surface area contributed by atoms with Gasteiger partial charge in [0.2, 0.25) is 0 Å². The van der Waals surface area contributed by atoms with Crippen LogP contribution in [0.1, 0.15) is 11.6 Å². The summed E-state index contributed by atoms with van der Waals surface area (Å²) in [6.07, 6.45) is 0. The number of nitrogens with one attached hydrogen (secondary N) is 1. The molecule has 0 saturated carbocycles. The van der Waals surface area contributed by atoms with E-state index in [-0.39, 0.29) is 0 Å². The number of aromatic amines is 1. The first kappa shape index (κ1) is 12.4. The summed E-state index contributed by atoms with van der Waals surface area (Å²) in [6.45, 7) is 4.12. The summed E-state index contributed by atoms with van der Waals surface area (Å²) in [6, 6.07) is 0. The third-order valence-electron chi connectivity index (χ3n) is 2.16. The summed E-state index contributed by atoms with van der Waals surface area (Å²) < 4.78 is 21.3. The molecule has 7 heteroatoms. The van der Waals surface area contributed by atoms with Gasteiger partial charge in [-0.15, -0.1) is 0 Å². The zero-order valence-electron chi connectivity index (χ0n) is 9.68. The van der Waals surface area contributed by atoms with Crippen molar-refractivity contribution in [3.05, 3.63) is 11.6 Å². The van der Waals surface area contributed by atoms with Crippen LogP contribution in [0.2, 0.25) is 0 Å². The number of rotatable bonds is 0. The minimum atomic E-state index is 0.385. The number of hydrogen-bond acceptors (Lipinski definition) is 6. The highest BCUT2D eigenvalue weighted by atomic mass is 16.6. The van der Waals surface area contributed by atoms with Crippen LogP contribution >= 0.6 is 0 Å². The first-order valence-electron chi connectivity index (χ1n) is 5.66. The van der Waals surface area contributed by atoms with E-state index in [1.165, 1.54) is 0 Å². The zero-order valence-corrected chi connectivity index (χ0v) is 9.68. The fourth-order valence-electron chi connectivity index (χ4n) is 1.35. The van der Waals surface area contributed by atoms with Crippen LogP contribution in [-0.2, 0) is 32.2 Å². The molecule has 2 bridgehead atoms. The second-order valence-electron chi connectivity index (χ2n) is 3.53. The topological polar surface area (TPSA) is 78.5 Å². The lowest BCUT2D eigenvalue weighted by Crippen LogP contribution is -2.11. The molecule has 2 rings (SSSR count). The van der Waals surface area contributed by atoms with Crippen molar-refractivity contribution < 1.29 is 18.9 Å². The second kappa shape index (κ2) is 7.33. The molecule has 17 heavy (non-hydrogen) atoms. The number of nitrogens with zero attached hydrogens (tertiary/aromatic N) is 2. The lowest BCUT2D eigenvalue weighted by atomic mass is 10.6. The molecule has 1 aromatic heterocycles. The van der Waals surface area contributed by atoms with E-state index < -0.39 is 0 Å². The summed E-state index contributed by atoms with van der Waals surface area (Å²) in [4.78, 5) is 4.22. The standard InChI is InChI=1S/C10H17N3O4/c1-2-15-4-6-17-8-10-11-9(12-13-10)7-16-5-3-14-1/h1-8H2,(H,11,12,13). The number of aromatic nitrogens is 3. The van der Waals surface area contributed by atoms with Crippen molar-refractivity contribution in [3.8, 4) is 0 Å². The largest absolute Gasteiger partial charge is 0.377 e. The van der Waals surface area contributed by atoms with E-state index in [4.69, 9.17) is 18.9 Å². The molecule has 0 amide bonds. The third-order valence-corrected chi connectivity index (χ3v) is 2.16. The fraction of sp³-hybridized carbons (Fsp3) is 0.800. The van der Waals surface area contributed by atoms with Gasteiger partial charge in [-0.1, -0.05) is 0 Å². The second-order valence-corrected chi connectivity index (χ2v) is 3.53. The maximum Gasteiger partial charge on any atom is 0.176 e. The summed E-state index contributed by atoms with van der Waals surface area (Å²) in [5.41, 5.74) is 0. The van der Waals surface area contributed by atoms with Crippen LogP contribution < -0.4 is 0 Å². The van der Waals surface area contributed by atoms with Gasteiger partial charge in [-0.3, -0.25) is 5.10 Å². The first-order valence-corrected chi connectivity index (χ1v) is 5.66. The van der Waals surface area contributed by atoms with Crippen molar-refractivity contribution in [3.63, 3.8) is 0 Å². The monoisotopic (exact) mass is 243 g/mol. The van der Waals surface area contributed by atoms with E-state index in [1.54, 1.807) is 0 Å². The highest BCUT2D eigenvalue weighted by molar-refractivity contribution is 4.87. The van der Waals surface area contributed by atoms with Gasteiger partial charge < -0.3 is 18.9 Å². The lowest BCUT2D eigenvalue weighted by molar-refractivity contribution is -0.00643. The van der Waals surface area contributed by atoms with Crippen LogP contribution in [-0.4, -0.2) is 54.8 Å². The van der Waals surface area contributed by atoms with E-state index in [1.807, 2.05) is 0 Å². The Hall–Kier alpha value is -1.02. The van der Waals surface area contributed by atoms with Crippen molar-refractivity contribution in [2.24, 2.45) is 0 Å². The van der Waals surface area contributed by atoms with Gasteiger partial charge in [-0.25, -0.2) is 4.98 Å². The molecule has 0 radical (unpaired) electrons. The molecule has 7 nitrogen and oxygen atoms in total. The van der Waals surface area contributed by atoms with Crippen molar-refractivity contribution >= 4 is 0 Å². The van der Waals surface area contributed by atoms with E-state index in [9.17, 15) is 0 Å². The van der Waals surface area contributed by atoms with Gasteiger partial charge >= 0.3 is 0 Å². The SMILES string of the molecule is C1COCCOCc2nc(n[nH]2)COCCO1. The van der Waals surface area contributed by atoms with Crippen LogP contribution in [0.25, 0.3) is 0 Å². The van der Waals surface area contributed by atoms with Crippen LogP contribution in [0.4, 0.5) is 0 Å². The van der Waals surface area contributed by atoms with E-state index >= 15 is 0 Å². The molecule has 96 valence electrons. The van der Waals surface area contributed by atoms with Crippen LogP contribution in [0.5, 0.6) is 0 Å².